The highest BCUT2D eigenvalue weighted by Crippen LogP contribution is 2.15. The highest BCUT2D eigenvalue weighted by Gasteiger charge is 2.23. The van der Waals surface area contributed by atoms with Gasteiger partial charge in [-0.05, 0) is 68.4 Å². The van der Waals surface area contributed by atoms with Gasteiger partial charge >= 0.3 is 0 Å². The number of aromatic nitrogens is 4. The number of nitrogens with zero attached hydrogens (tertiary/aromatic N) is 5. The van der Waals surface area contributed by atoms with E-state index >= 15 is 0 Å². The van der Waals surface area contributed by atoms with Crippen molar-refractivity contribution in [3.63, 3.8) is 0 Å². The van der Waals surface area contributed by atoms with E-state index in [2.05, 4.69) is 41.4 Å². The third kappa shape index (κ3) is 4.37. The van der Waals surface area contributed by atoms with Crippen LogP contribution in [0.2, 0.25) is 0 Å². The second-order valence-electron chi connectivity index (χ2n) is 7.72. The first-order chi connectivity index (χ1) is 12.3. The van der Waals surface area contributed by atoms with E-state index < -0.39 is 0 Å². The van der Waals surface area contributed by atoms with Gasteiger partial charge in [-0.3, -0.25) is 9.69 Å². The van der Waals surface area contributed by atoms with Crippen LogP contribution in [0.15, 0.2) is 30.3 Å². The Labute approximate surface area is 159 Å². The summed E-state index contributed by atoms with van der Waals surface area (Å²) in [4.78, 5) is 14.6. The van der Waals surface area contributed by atoms with Crippen LogP contribution in [0.5, 0.6) is 0 Å². The lowest BCUT2D eigenvalue weighted by Gasteiger charge is -2.31. The first kappa shape index (κ1) is 18.7. The van der Waals surface area contributed by atoms with Crippen molar-refractivity contribution in [2.75, 3.05) is 13.1 Å². The van der Waals surface area contributed by atoms with E-state index in [0.29, 0.717) is 17.0 Å². The molecule has 1 N–H and O–H groups in total. The number of likely N-dealkylation sites (tertiary alicyclic amines) is 1. The third-order valence-corrected chi connectivity index (χ3v) is 4.95. The van der Waals surface area contributed by atoms with Crippen molar-refractivity contribution >= 4 is 18.1 Å². The lowest BCUT2D eigenvalue weighted by atomic mass is 10.0. The van der Waals surface area contributed by atoms with Gasteiger partial charge in [0.1, 0.15) is 0 Å². The average Bonchev–Trinajstić information content (AvgIpc) is 2.98. The van der Waals surface area contributed by atoms with Crippen LogP contribution in [0.1, 0.15) is 44.0 Å². The molecule has 1 saturated heterocycles. The summed E-state index contributed by atoms with van der Waals surface area (Å²) in [5.74, 6) is -0.000565. The van der Waals surface area contributed by atoms with E-state index in [1.54, 1.807) is 9.36 Å². The Hall–Kier alpha value is -2.06. The number of carbonyl (C=O) groups is 1. The van der Waals surface area contributed by atoms with Gasteiger partial charge in [-0.15, -0.1) is 0 Å². The normalized spacial score (nSPS) is 16.6. The topological polar surface area (TPSA) is 68.0 Å². The van der Waals surface area contributed by atoms with Gasteiger partial charge in [-0.1, -0.05) is 18.2 Å². The summed E-state index contributed by atoms with van der Waals surface area (Å²) in [5, 5.41) is 11.5. The van der Waals surface area contributed by atoms with Gasteiger partial charge in [0.15, 0.2) is 0 Å². The molecule has 1 aliphatic heterocycles. The fourth-order valence-electron chi connectivity index (χ4n) is 3.05. The minimum Gasteiger partial charge on any atom is -0.349 e. The number of tetrazole rings is 1. The molecular formula is C18H26N6OS. The molecule has 0 unspecified atom stereocenters. The van der Waals surface area contributed by atoms with Crippen molar-refractivity contribution < 1.29 is 4.79 Å². The molecule has 3 rings (SSSR count). The molecule has 1 amide bonds. The van der Waals surface area contributed by atoms with E-state index in [-0.39, 0.29) is 17.5 Å². The predicted octanol–water partition coefficient (Wildman–Crippen LogP) is 2.42. The zero-order valence-electron chi connectivity index (χ0n) is 15.6. The quantitative estimate of drug-likeness (QED) is 0.833. The van der Waals surface area contributed by atoms with Gasteiger partial charge in [0.05, 0.1) is 12.2 Å². The molecule has 2 aromatic rings. The summed E-state index contributed by atoms with van der Waals surface area (Å²) < 4.78 is 4.18. The van der Waals surface area contributed by atoms with Crippen LogP contribution < -0.4 is 5.32 Å². The second kappa shape index (κ2) is 7.67. The van der Waals surface area contributed by atoms with Crippen LogP contribution in [0, 0.1) is 4.77 Å². The highest BCUT2D eigenvalue weighted by molar-refractivity contribution is 7.71. The van der Waals surface area contributed by atoms with Gasteiger partial charge < -0.3 is 5.32 Å². The number of nitrogens with one attached hydrogen (secondary N) is 1. The molecule has 0 saturated carbocycles. The molecule has 7 nitrogen and oxygen atoms in total. The van der Waals surface area contributed by atoms with Crippen molar-refractivity contribution in [1.29, 1.82) is 0 Å². The summed E-state index contributed by atoms with van der Waals surface area (Å²) in [7, 11) is 0. The Bertz CT molecular complexity index is 799. The van der Waals surface area contributed by atoms with E-state index in [1.807, 2.05) is 30.3 Å². The minimum absolute atomic E-state index is 0.000565. The number of hydrogen-bond donors (Lipinski definition) is 1. The molecule has 0 bridgehead atoms. The molecule has 0 atom stereocenters. The predicted molar refractivity (Wildman–Crippen MR) is 102 cm³/mol. The lowest BCUT2D eigenvalue weighted by molar-refractivity contribution is 0.0895. The average molecular weight is 375 g/mol. The van der Waals surface area contributed by atoms with Crippen LogP contribution >= 0.6 is 12.2 Å². The Morgan fingerprint density at radius 1 is 1.19 bits per heavy atom. The van der Waals surface area contributed by atoms with Crippen molar-refractivity contribution in [3.8, 4) is 0 Å². The molecule has 0 aliphatic carbocycles. The molecule has 26 heavy (non-hydrogen) atoms. The monoisotopic (exact) mass is 374 g/mol. The van der Waals surface area contributed by atoms with Crippen molar-refractivity contribution in [3.05, 3.63) is 40.7 Å². The molecule has 1 fully saturated rings. The van der Waals surface area contributed by atoms with Gasteiger partial charge in [0, 0.05) is 24.7 Å². The smallest absolute Gasteiger partial charge is 0.251 e. The van der Waals surface area contributed by atoms with Crippen molar-refractivity contribution in [2.45, 2.75) is 51.9 Å². The van der Waals surface area contributed by atoms with Crippen LogP contribution in [0.3, 0.4) is 0 Å². The van der Waals surface area contributed by atoms with E-state index in [9.17, 15) is 4.79 Å². The molecule has 8 heteroatoms. The standard InChI is InChI=1S/C18H26N6OS/c1-18(2,3)24-17(26)23(20-21-24)13-22-11-9-15(10-12-22)19-16(25)14-7-5-4-6-8-14/h4-8,15H,9-13H2,1-3H3,(H,19,25). The highest BCUT2D eigenvalue weighted by atomic mass is 32.1. The fourth-order valence-corrected chi connectivity index (χ4v) is 3.46. The zero-order chi connectivity index (χ0) is 18.7. The maximum Gasteiger partial charge on any atom is 0.251 e. The number of amides is 1. The van der Waals surface area contributed by atoms with Gasteiger partial charge in [-0.2, -0.15) is 0 Å². The minimum atomic E-state index is -0.177. The number of piperidine rings is 1. The molecule has 2 heterocycles. The SMILES string of the molecule is CC(C)(C)n1nnn(CN2CCC(NC(=O)c3ccccc3)CC2)c1=S. The lowest BCUT2D eigenvalue weighted by Crippen LogP contribution is -2.45. The van der Waals surface area contributed by atoms with Crippen LogP contribution in [0.25, 0.3) is 0 Å². The van der Waals surface area contributed by atoms with Gasteiger partial charge in [0.25, 0.3) is 5.91 Å². The molecule has 140 valence electrons. The van der Waals surface area contributed by atoms with Gasteiger partial charge in [0.2, 0.25) is 4.77 Å². The maximum absolute atomic E-state index is 12.3. The maximum atomic E-state index is 12.3. The summed E-state index contributed by atoms with van der Waals surface area (Å²) in [5.41, 5.74) is 0.532. The Kier molecular flexibility index (Phi) is 5.52. The van der Waals surface area contributed by atoms with E-state index in [1.165, 1.54) is 0 Å². The number of carbonyl (C=O) groups excluding carboxylic acids is 1. The number of rotatable bonds is 4. The summed E-state index contributed by atoms with van der Waals surface area (Å²) in [6.45, 7) is 8.59. The molecule has 1 aromatic carbocycles. The first-order valence-electron chi connectivity index (χ1n) is 8.96. The zero-order valence-corrected chi connectivity index (χ0v) is 16.4. The summed E-state index contributed by atoms with van der Waals surface area (Å²) >= 11 is 5.49. The molecule has 0 spiro atoms. The van der Waals surface area contributed by atoms with Crippen LogP contribution in [-0.2, 0) is 12.2 Å². The Morgan fingerprint density at radius 3 is 2.42 bits per heavy atom. The molecular weight excluding hydrogens is 348 g/mol. The van der Waals surface area contributed by atoms with Crippen molar-refractivity contribution in [1.82, 2.24) is 30.0 Å². The number of benzene rings is 1. The second-order valence-corrected chi connectivity index (χ2v) is 8.08. The Balaban J connectivity index is 1.52. The molecule has 1 aromatic heterocycles. The molecule has 0 radical (unpaired) electrons. The van der Waals surface area contributed by atoms with Gasteiger partial charge in [-0.25, -0.2) is 9.36 Å². The number of hydrogen-bond acceptors (Lipinski definition) is 5. The van der Waals surface area contributed by atoms with E-state index in [4.69, 9.17) is 12.2 Å². The third-order valence-electron chi connectivity index (χ3n) is 4.57. The largest absolute Gasteiger partial charge is 0.349 e. The fraction of sp³-hybridized carbons (Fsp3) is 0.556. The van der Waals surface area contributed by atoms with E-state index in [0.717, 1.165) is 25.9 Å². The van der Waals surface area contributed by atoms with Crippen molar-refractivity contribution in [2.24, 2.45) is 0 Å². The summed E-state index contributed by atoms with van der Waals surface area (Å²) in [6.07, 6.45) is 1.83. The first-order valence-corrected chi connectivity index (χ1v) is 9.37. The van der Waals surface area contributed by atoms with Crippen LogP contribution in [-0.4, -0.2) is 49.7 Å². The molecule has 1 aliphatic rings. The summed E-state index contributed by atoms with van der Waals surface area (Å²) in [6, 6.07) is 9.56. The Morgan fingerprint density at radius 2 is 1.85 bits per heavy atom. The van der Waals surface area contributed by atoms with Crippen LogP contribution in [0.4, 0.5) is 0 Å².